The van der Waals surface area contributed by atoms with Crippen LogP contribution in [-0.4, -0.2) is 34.3 Å². The van der Waals surface area contributed by atoms with E-state index in [0.717, 1.165) is 10.9 Å². The van der Waals surface area contributed by atoms with Gasteiger partial charge >= 0.3 is 0 Å². The molecule has 0 saturated carbocycles. The Labute approximate surface area is 119 Å². The number of phenolic OH excluding ortho intramolecular Hbond substituents is 2. The molecule has 1 aromatic carbocycles. The third-order valence-electron chi connectivity index (χ3n) is 2.58. The first-order valence-electron chi connectivity index (χ1n) is 5.59. The molecule has 0 atom stereocenters. The lowest BCUT2D eigenvalue weighted by molar-refractivity contribution is 0.102. The number of primary sulfonamides is 1. The number of nitrogens with zero attached hydrogens (tertiary/aromatic N) is 2. The number of nitrogens with one attached hydrogen (secondary N) is 1. The molecule has 0 radical (unpaired) electrons. The van der Waals surface area contributed by atoms with Gasteiger partial charge in [-0.3, -0.25) is 9.48 Å². The number of carbonyl (C=O) groups excluding carboxylic acids is 1. The highest BCUT2D eigenvalue weighted by Crippen LogP contribution is 2.27. The molecule has 1 amide bonds. The number of carbonyl (C=O) groups is 1. The molecule has 9 nitrogen and oxygen atoms in total. The topological polar surface area (TPSA) is 148 Å². The third kappa shape index (κ3) is 2.95. The monoisotopic (exact) mass is 312 g/mol. The first-order valence-corrected chi connectivity index (χ1v) is 7.13. The van der Waals surface area contributed by atoms with Crippen LogP contribution in [0.4, 0.5) is 5.82 Å². The quantitative estimate of drug-likeness (QED) is 0.613. The Hall–Kier alpha value is -2.59. The summed E-state index contributed by atoms with van der Waals surface area (Å²) in [7, 11) is -2.64. The molecule has 0 aliphatic rings. The van der Waals surface area contributed by atoms with Gasteiger partial charge in [-0.2, -0.15) is 5.10 Å². The molecule has 10 heteroatoms. The lowest BCUT2D eigenvalue weighted by Gasteiger charge is -2.07. The second kappa shape index (κ2) is 5.07. The number of aromatic nitrogens is 2. The van der Waals surface area contributed by atoms with E-state index in [1.807, 2.05) is 0 Å². The fourth-order valence-electron chi connectivity index (χ4n) is 1.69. The van der Waals surface area contributed by atoms with Crippen molar-refractivity contribution in [3.8, 4) is 11.5 Å². The van der Waals surface area contributed by atoms with E-state index in [1.54, 1.807) is 0 Å². The van der Waals surface area contributed by atoms with E-state index in [9.17, 15) is 23.4 Å². The zero-order chi connectivity index (χ0) is 15.8. The van der Waals surface area contributed by atoms with Crippen molar-refractivity contribution in [1.29, 1.82) is 0 Å². The summed E-state index contributed by atoms with van der Waals surface area (Å²) in [5, 5.41) is 30.1. The highest BCUT2D eigenvalue weighted by Gasteiger charge is 2.23. The normalized spacial score (nSPS) is 11.3. The minimum Gasteiger partial charge on any atom is -0.507 e. The summed E-state index contributed by atoms with van der Waals surface area (Å²) in [4.78, 5) is 11.6. The lowest BCUT2D eigenvalue weighted by atomic mass is 10.1. The standard InChI is InChI=1S/C11H12N4O5S/c1-15-5-8(21(12,19)20)10(14-15)13-11(18)9-6(16)3-2-4-7(9)17/h2-5,16-17H,1H3,(H2,12,19,20)(H,13,14,18). The maximum Gasteiger partial charge on any atom is 0.264 e. The summed E-state index contributed by atoms with van der Waals surface area (Å²) in [6.07, 6.45) is 1.12. The van der Waals surface area contributed by atoms with Crippen molar-refractivity contribution < 1.29 is 23.4 Å². The van der Waals surface area contributed by atoms with E-state index < -0.39 is 33.0 Å². The van der Waals surface area contributed by atoms with E-state index >= 15 is 0 Å². The Kier molecular flexibility index (Phi) is 3.58. The molecule has 1 aromatic heterocycles. The van der Waals surface area contributed by atoms with Crippen molar-refractivity contribution in [3.05, 3.63) is 30.0 Å². The Morgan fingerprint density at radius 2 is 1.90 bits per heavy atom. The van der Waals surface area contributed by atoms with Crippen LogP contribution in [0.15, 0.2) is 29.3 Å². The second-order valence-corrected chi connectivity index (χ2v) is 5.72. The summed E-state index contributed by atoms with van der Waals surface area (Å²) in [6, 6.07) is 3.75. The number of sulfonamides is 1. The van der Waals surface area contributed by atoms with Crippen LogP contribution in [0.5, 0.6) is 11.5 Å². The SMILES string of the molecule is Cn1cc(S(N)(=O)=O)c(NC(=O)c2c(O)cccc2O)n1. The van der Waals surface area contributed by atoms with Crippen molar-refractivity contribution in [2.75, 3.05) is 5.32 Å². The largest absolute Gasteiger partial charge is 0.507 e. The molecule has 112 valence electrons. The Balaban J connectivity index is 2.42. The molecule has 21 heavy (non-hydrogen) atoms. The summed E-state index contributed by atoms with van der Waals surface area (Å²) in [5.41, 5.74) is -0.400. The van der Waals surface area contributed by atoms with Gasteiger partial charge in [-0.05, 0) is 12.1 Å². The van der Waals surface area contributed by atoms with E-state index in [0.29, 0.717) is 0 Å². The number of rotatable bonds is 3. The van der Waals surface area contributed by atoms with E-state index in [4.69, 9.17) is 5.14 Å². The minimum absolute atomic E-state index is 0.298. The first-order chi connectivity index (χ1) is 9.70. The highest BCUT2D eigenvalue weighted by atomic mass is 32.2. The molecule has 5 N–H and O–H groups in total. The number of hydrogen-bond donors (Lipinski definition) is 4. The van der Waals surface area contributed by atoms with Crippen molar-refractivity contribution in [1.82, 2.24) is 9.78 Å². The maximum atomic E-state index is 12.0. The van der Waals surface area contributed by atoms with Crippen LogP contribution in [-0.2, 0) is 17.1 Å². The van der Waals surface area contributed by atoms with Gasteiger partial charge in [-0.15, -0.1) is 0 Å². The number of anilines is 1. The van der Waals surface area contributed by atoms with Crippen LogP contribution in [0, 0.1) is 0 Å². The molecule has 2 aromatic rings. The second-order valence-electron chi connectivity index (χ2n) is 4.19. The summed E-state index contributed by atoms with van der Waals surface area (Å²) in [5.74, 6) is -2.14. The number of benzene rings is 1. The molecule has 0 aliphatic heterocycles. The average molecular weight is 312 g/mol. The van der Waals surface area contributed by atoms with Gasteiger partial charge in [-0.25, -0.2) is 13.6 Å². The maximum absolute atomic E-state index is 12.0. The van der Waals surface area contributed by atoms with Crippen LogP contribution in [0.1, 0.15) is 10.4 Å². The van der Waals surface area contributed by atoms with Crippen molar-refractivity contribution in [2.24, 2.45) is 12.2 Å². The molecule has 0 spiro atoms. The molecule has 2 rings (SSSR count). The molecular weight excluding hydrogens is 300 g/mol. The molecule has 0 aliphatic carbocycles. The predicted octanol–water partition coefficient (Wildman–Crippen LogP) is -0.269. The average Bonchev–Trinajstić information content (AvgIpc) is 2.69. The van der Waals surface area contributed by atoms with Gasteiger partial charge in [0.05, 0.1) is 0 Å². The molecule has 0 unspecified atom stereocenters. The van der Waals surface area contributed by atoms with Crippen LogP contribution >= 0.6 is 0 Å². The first kappa shape index (κ1) is 14.8. The number of hydrogen-bond acceptors (Lipinski definition) is 6. The summed E-state index contributed by atoms with van der Waals surface area (Å²) >= 11 is 0. The third-order valence-corrected chi connectivity index (χ3v) is 3.49. The van der Waals surface area contributed by atoms with Gasteiger partial charge in [0.1, 0.15) is 22.0 Å². The zero-order valence-corrected chi connectivity index (χ0v) is 11.6. The Bertz CT molecular complexity index is 792. The lowest BCUT2D eigenvalue weighted by Crippen LogP contribution is -2.18. The van der Waals surface area contributed by atoms with E-state index in [-0.39, 0.29) is 10.7 Å². The summed E-state index contributed by atoms with van der Waals surface area (Å²) < 4.78 is 23.9. The fraction of sp³-hybridized carbons (Fsp3) is 0.0909. The van der Waals surface area contributed by atoms with Gasteiger partial charge in [0.2, 0.25) is 10.0 Å². The van der Waals surface area contributed by atoms with E-state index in [1.165, 1.54) is 25.2 Å². The smallest absolute Gasteiger partial charge is 0.264 e. The van der Waals surface area contributed by atoms with Crippen molar-refractivity contribution in [2.45, 2.75) is 4.90 Å². The molecule has 0 bridgehead atoms. The number of aromatic hydroxyl groups is 2. The van der Waals surface area contributed by atoms with E-state index in [2.05, 4.69) is 10.4 Å². The molecule has 0 fully saturated rings. The molecule has 1 heterocycles. The van der Waals surface area contributed by atoms with Crippen molar-refractivity contribution >= 4 is 21.7 Å². The predicted molar refractivity (Wildman–Crippen MR) is 72.3 cm³/mol. The van der Waals surface area contributed by atoms with Gasteiger partial charge < -0.3 is 15.5 Å². The van der Waals surface area contributed by atoms with Crippen LogP contribution in [0.3, 0.4) is 0 Å². The number of aryl methyl sites for hydroxylation is 1. The number of phenols is 2. The number of nitrogens with two attached hydrogens (primary N) is 1. The zero-order valence-electron chi connectivity index (χ0n) is 10.8. The molecule has 0 saturated heterocycles. The fourth-order valence-corrected chi connectivity index (χ4v) is 2.35. The summed E-state index contributed by atoms with van der Waals surface area (Å²) in [6.45, 7) is 0. The molecular formula is C11H12N4O5S. The van der Waals surface area contributed by atoms with Gasteiger partial charge in [-0.1, -0.05) is 6.07 Å². The highest BCUT2D eigenvalue weighted by molar-refractivity contribution is 7.89. The van der Waals surface area contributed by atoms with Gasteiger partial charge in [0.15, 0.2) is 5.82 Å². The Morgan fingerprint density at radius 3 is 2.43 bits per heavy atom. The number of amides is 1. The van der Waals surface area contributed by atoms with Gasteiger partial charge in [0.25, 0.3) is 5.91 Å². The Morgan fingerprint density at radius 1 is 1.33 bits per heavy atom. The van der Waals surface area contributed by atoms with Crippen molar-refractivity contribution in [3.63, 3.8) is 0 Å². The van der Waals surface area contributed by atoms with Crippen LogP contribution in [0.2, 0.25) is 0 Å². The van der Waals surface area contributed by atoms with Gasteiger partial charge in [0, 0.05) is 13.2 Å². The van der Waals surface area contributed by atoms with Crippen LogP contribution in [0.25, 0.3) is 0 Å². The minimum atomic E-state index is -4.08. The van der Waals surface area contributed by atoms with Crippen LogP contribution < -0.4 is 10.5 Å².